The zero-order chi connectivity index (χ0) is 41.3. The molecule has 4 aromatic heterocycles. The number of nitriles is 2. The summed E-state index contributed by atoms with van der Waals surface area (Å²) in [5, 5.41) is 38.4. The average molecular weight is 823 g/mol. The van der Waals surface area contributed by atoms with Crippen LogP contribution in [0.4, 0.5) is 0 Å². The molecule has 0 amide bonds. The van der Waals surface area contributed by atoms with Crippen LogP contribution in [0.1, 0.15) is 63.8 Å². The van der Waals surface area contributed by atoms with Gasteiger partial charge in [0.15, 0.2) is 0 Å². The van der Waals surface area contributed by atoms with Crippen molar-refractivity contribution in [2.75, 3.05) is 0 Å². The second-order valence-corrected chi connectivity index (χ2v) is 43.0. The molecule has 0 unspecified atom stereocenters. The van der Waals surface area contributed by atoms with Crippen LogP contribution in [0.25, 0.3) is 76.2 Å². The fourth-order valence-electron chi connectivity index (χ4n) is 13.3. The maximum absolute atomic E-state index is 10.8. The summed E-state index contributed by atoms with van der Waals surface area (Å²) in [6.45, 7) is 34.3. The molecule has 0 radical (unpaired) electrons. The molecule has 58 heavy (non-hydrogen) atoms. The Morgan fingerprint density at radius 1 is 0.431 bits per heavy atom. The van der Waals surface area contributed by atoms with Crippen LogP contribution in [0.15, 0.2) is 48.5 Å². The molecule has 0 atom stereocenters. The Morgan fingerprint density at radius 2 is 0.759 bits per heavy atom. The van der Waals surface area contributed by atoms with Gasteiger partial charge in [-0.05, 0) is 91.2 Å². The first-order valence-corrected chi connectivity index (χ1v) is 34.2. The molecule has 0 aliphatic carbocycles. The third-order valence-corrected chi connectivity index (χ3v) is 37.0. The molecule has 0 fully saturated rings. The quantitative estimate of drug-likeness (QED) is 0.143. The van der Waals surface area contributed by atoms with Crippen molar-refractivity contribution >= 4 is 129 Å². The van der Waals surface area contributed by atoms with E-state index in [9.17, 15) is 10.5 Å². The molecule has 6 heterocycles. The topological polar surface area (TPSA) is 56.4 Å². The summed E-state index contributed by atoms with van der Waals surface area (Å²) in [6, 6.07) is 25.0. The summed E-state index contributed by atoms with van der Waals surface area (Å²) in [7, 11) is -7.32. The molecule has 290 valence electrons. The molecular formula is C50H54N4Si4. The van der Waals surface area contributed by atoms with Gasteiger partial charge in [-0.3, -0.25) is 0 Å². The molecule has 4 nitrogen and oxygen atoms in total. The summed E-state index contributed by atoms with van der Waals surface area (Å²) < 4.78 is 5.11. The lowest BCUT2D eigenvalue weighted by atomic mass is 9.85. The van der Waals surface area contributed by atoms with Crippen molar-refractivity contribution < 1.29 is 0 Å². The highest BCUT2D eigenvalue weighted by Crippen LogP contribution is 2.48. The van der Waals surface area contributed by atoms with E-state index in [1.807, 2.05) is 0 Å². The van der Waals surface area contributed by atoms with Gasteiger partial charge in [-0.25, -0.2) is 0 Å². The standard InChI is InChI=1S/C50H54N4Si4/c1-49(2,3)29-17-33-31-21-38-32(22-37(31)53-39-15-27(23-51)45-47(41(39)35(19-29)43(33)53)57(11,12)25-55(45,7)8)34-18-30(50(4,5)6)20-36-42-40(54(38)44(34)36)16-28(24-52)46-48(42)58(13,14)26-56(46,9)10/h15-22H,25-26H2,1-14H3. The van der Waals surface area contributed by atoms with E-state index in [1.54, 1.807) is 10.4 Å². The number of hydrogen-bond donors (Lipinski definition) is 0. The third kappa shape index (κ3) is 4.27. The van der Waals surface area contributed by atoms with Gasteiger partial charge in [0.05, 0.1) is 88.7 Å². The Hall–Kier alpha value is -4.45. The zero-order valence-corrected chi connectivity index (χ0v) is 40.8. The number of aromatic nitrogens is 2. The van der Waals surface area contributed by atoms with Crippen molar-refractivity contribution in [1.82, 2.24) is 8.80 Å². The van der Waals surface area contributed by atoms with Gasteiger partial charge in [-0.1, -0.05) is 105 Å². The van der Waals surface area contributed by atoms with Gasteiger partial charge in [0.1, 0.15) is 0 Å². The second-order valence-electron chi connectivity index (χ2n) is 23.1. The molecule has 2 aliphatic heterocycles. The predicted octanol–water partition coefficient (Wildman–Crippen LogP) is 11.1. The van der Waals surface area contributed by atoms with Crippen LogP contribution in [0.5, 0.6) is 0 Å². The van der Waals surface area contributed by atoms with Crippen LogP contribution in [-0.4, -0.2) is 41.1 Å². The zero-order valence-electron chi connectivity index (χ0n) is 36.8. The normalized spacial score (nSPS) is 18.6. The lowest BCUT2D eigenvalue weighted by molar-refractivity contribution is 0.591. The van der Waals surface area contributed by atoms with E-state index >= 15 is 0 Å². The Morgan fingerprint density at radius 3 is 1.09 bits per heavy atom. The molecule has 0 saturated carbocycles. The Kier molecular flexibility index (Phi) is 6.60. The maximum atomic E-state index is 10.8. The van der Waals surface area contributed by atoms with Crippen molar-refractivity contribution in [3.63, 3.8) is 0 Å². The van der Waals surface area contributed by atoms with Crippen LogP contribution < -0.4 is 20.7 Å². The summed E-state index contributed by atoms with van der Waals surface area (Å²) in [4.78, 5) is 0. The van der Waals surface area contributed by atoms with E-state index in [0.717, 1.165) is 11.1 Å². The van der Waals surface area contributed by atoms with Crippen molar-refractivity contribution in [1.29, 1.82) is 10.5 Å². The van der Waals surface area contributed by atoms with Crippen molar-refractivity contribution in [2.24, 2.45) is 0 Å². The van der Waals surface area contributed by atoms with Gasteiger partial charge in [0.2, 0.25) is 0 Å². The van der Waals surface area contributed by atoms with E-state index in [4.69, 9.17) is 0 Å². The molecule has 0 spiro atoms. The number of rotatable bonds is 0. The first kappa shape index (κ1) is 36.6. The van der Waals surface area contributed by atoms with E-state index in [1.165, 1.54) is 109 Å². The van der Waals surface area contributed by atoms with Crippen LogP contribution in [0.2, 0.25) is 63.7 Å². The van der Waals surface area contributed by atoms with Crippen molar-refractivity contribution in [2.45, 2.75) is 116 Å². The van der Waals surface area contributed by atoms with E-state index in [2.05, 4.69) is 163 Å². The third-order valence-electron chi connectivity index (χ3n) is 14.9. The van der Waals surface area contributed by atoms with E-state index in [0.29, 0.717) is 0 Å². The van der Waals surface area contributed by atoms with Gasteiger partial charge in [-0.15, -0.1) is 0 Å². The fourth-order valence-corrected chi connectivity index (χ4v) is 44.6. The van der Waals surface area contributed by atoms with Crippen molar-refractivity contribution in [3.8, 4) is 12.1 Å². The monoisotopic (exact) mass is 822 g/mol. The number of hydrogen-bond acceptors (Lipinski definition) is 2. The lowest BCUT2D eigenvalue weighted by Crippen LogP contribution is -2.46. The number of fused-ring (bicyclic) bond motifs is 16. The van der Waals surface area contributed by atoms with Crippen LogP contribution in [0.3, 0.4) is 0 Å². The second kappa shape index (κ2) is 10.5. The summed E-state index contributed by atoms with van der Waals surface area (Å²) in [5.41, 5.74) is 14.5. The minimum atomic E-state index is -1.85. The summed E-state index contributed by atoms with van der Waals surface area (Å²) >= 11 is 0. The molecular weight excluding hydrogens is 769 g/mol. The van der Waals surface area contributed by atoms with Gasteiger partial charge < -0.3 is 8.80 Å². The Bertz CT molecular complexity index is 3260. The largest absolute Gasteiger partial charge is 0.308 e. The van der Waals surface area contributed by atoms with Gasteiger partial charge in [0.25, 0.3) is 0 Å². The minimum absolute atomic E-state index is 0.0421. The highest BCUT2D eigenvalue weighted by Gasteiger charge is 2.49. The SMILES string of the molecule is CC(C)(C)c1cc2c3cc4c(cc3n3c5cc(C#N)c6c(c5c(c1)c23)[Si](C)(C)C[Si]6(C)C)c1cc(C(C)(C)C)cc2c3c5c(c(C#N)cc3n4c12)[Si](C)(C)C[Si]5(C)C. The Labute approximate surface area is 345 Å². The van der Waals surface area contributed by atoms with E-state index in [-0.39, 0.29) is 10.8 Å². The van der Waals surface area contributed by atoms with Gasteiger partial charge in [-0.2, -0.15) is 10.5 Å². The molecule has 0 N–H and O–H groups in total. The lowest BCUT2D eigenvalue weighted by Gasteiger charge is -2.21. The highest BCUT2D eigenvalue weighted by atomic mass is 28.4. The molecule has 2 aliphatic rings. The minimum Gasteiger partial charge on any atom is -0.308 e. The smallest absolute Gasteiger partial charge is 0.0991 e. The fraction of sp³-hybridized carbons (Fsp3) is 0.360. The average Bonchev–Trinajstić information content (AvgIpc) is 3.89. The number of nitrogens with zero attached hydrogens (tertiary/aromatic N) is 4. The molecule has 5 aromatic carbocycles. The summed E-state index contributed by atoms with van der Waals surface area (Å²) in [6.07, 6.45) is 0. The predicted molar refractivity (Wildman–Crippen MR) is 261 cm³/mol. The molecule has 11 rings (SSSR count). The molecule has 0 bridgehead atoms. The molecule has 9 aromatic rings. The highest BCUT2D eigenvalue weighted by molar-refractivity contribution is 7.16. The Balaban J connectivity index is 1.40. The molecule has 0 saturated heterocycles. The van der Waals surface area contributed by atoms with Crippen LogP contribution in [-0.2, 0) is 10.8 Å². The first-order valence-electron chi connectivity index (χ1n) is 21.3. The molecule has 8 heteroatoms. The number of benzene rings is 5. The summed E-state index contributed by atoms with van der Waals surface area (Å²) in [5.74, 6) is 0. The van der Waals surface area contributed by atoms with Gasteiger partial charge >= 0.3 is 0 Å². The maximum Gasteiger partial charge on any atom is 0.0991 e. The van der Waals surface area contributed by atoms with E-state index < -0.39 is 32.3 Å². The van der Waals surface area contributed by atoms with Crippen LogP contribution in [0, 0.1) is 22.7 Å². The first-order chi connectivity index (χ1) is 26.9. The van der Waals surface area contributed by atoms with Crippen molar-refractivity contribution in [3.05, 3.63) is 70.8 Å². The van der Waals surface area contributed by atoms with Gasteiger partial charge in [0, 0.05) is 43.1 Å². The van der Waals surface area contributed by atoms with Crippen LogP contribution >= 0.6 is 0 Å².